The monoisotopic (exact) mass is 236 g/mol. The van der Waals surface area contributed by atoms with E-state index in [4.69, 9.17) is 4.74 Å². The van der Waals surface area contributed by atoms with Crippen LogP contribution >= 0.6 is 0 Å². The summed E-state index contributed by atoms with van der Waals surface area (Å²) in [4.78, 5) is 2.29. The fraction of sp³-hybridized carbons (Fsp3) is 0.571. The molecule has 0 aliphatic rings. The molecule has 1 aromatic carbocycles. The first-order valence-electron chi connectivity index (χ1n) is 6.21. The zero-order valence-corrected chi connectivity index (χ0v) is 11.2. The molecule has 17 heavy (non-hydrogen) atoms. The van der Waals surface area contributed by atoms with Gasteiger partial charge in [-0.05, 0) is 32.0 Å². The Labute approximate surface area is 105 Å². The van der Waals surface area contributed by atoms with Gasteiger partial charge in [0.25, 0.3) is 0 Å². The van der Waals surface area contributed by atoms with Crippen LogP contribution in [0.4, 0.5) is 5.69 Å². The molecule has 0 aliphatic heterocycles. The summed E-state index contributed by atoms with van der Waals surface area (Å²) >= 11 is 0. The molecule has 1 aromatic rings. The van der Waals surface area contributed by atoms with Crippen LogP contribution < -0.4 is 10.2 Å². The Morgan fingerprint density at radius 2 is 1.88 bits per heavy atom. The van der Waals surface area contributed by atoms with Gasteiger partial charge in [0, 0.05) is 32.9 Å². The minimum atomic E-state index is 0.786. The molecule has 0 unspecified atom stereocenters. The molecule has 0 fully saturated rings. The van der Waals surface area contributed by atoms with E-state index in [1.54, 1.807) is 7.11 Å². The minimum Gasteiger partial charge on any atom is -0.383 e. The molecule has 0 heterocycles. The highest BCUT2D eigenvalue weighted by Crippen LogP contribution is 2.13. The largest absolute Gasteiger partial charge is 0.383 e. The second-order valence-corrected chi connectivity index (χ2v) is 4.35. The lowest BCUT2D eigenvalue weighted by atomic mass is 10.2. The summed E-state index contributed by atoms with van der Waals surface area (Å²) in [5.41, 5.74) is 2.59. The Morgan fingerprint density at radius 3 is 2.53 bits per heavy atom. The van der Waals surface area contributed by atoms with Crippen LogP contribution in [0.15, 0.2) is 24.3 Å². The number of methoxy groups -OCH3 is 1. The number of nitrogens with zero attached hydrogens (tertiary/aromatic N) is 1. The second-order valence-electron chi connectivity index (χ2n) is 4.35. The van der Waals surface area contributed by atoms with Crippen molar-refractivity contribution in [3.05, 3.63) is 29.8 Å². The van der Waals surface area contributed by atoms with E-state index in [-0.39, 0.29) is 0 Å². The third-order valence-corrected chi connectivity index (χ3v) is 2.80. The van der Waals surface area contributed by atoms with Gasteiger partial charge in [-0.3, -0.25) is 0 Å². The van der Waals surface area contributed by atoms with Gasteiger partial charge in [0.05, 0.1) is 6.61 Å². The van der Waals surface area contributed by atoms with Crippen LogP contribution in [0.5, 0.6) is 0 Å². The van der Waals surface area contributed by atoms with Crippen molar-refractivity contribution >= 4 is 5.69 Å². The summed E-state index contributed by atoms with van der Waals surface area (Å²) in [6.45, 7) is 5.95. The lowest BCUT2D eigenvalue weighted by molar-refractivity contribution is 0.199. The standard InChI is InChI=1S/C14H24N2O/c1-13-5-7-14(8-6-13)16(2)11-4-9-15-10-12-17-3/h5-8,15H,4,9-12H2,1-3H3. The molecule has 96 valence electrons. The first kappa shape index (κ1) is 14.0. The number of anilines is 1. The van der Waals surface area contributed by atoms with Crippen LogP contribution in [-0.2, 0) is 4.74 Å². The van der Waals surface area contributed by atoms with Gasteiger partial charge < -0.3 is 15.0 Å². The van der Waals surface area contributed by atoms with Crippen LogP contribution in [0, 0.1) is 6.92 Å². The van der Waals surface area contributed by atoms with Crippen molar-refractivity contribution < 1.29 is 4.74 Å². The van der Waals surface area contributed by atoms with Crippen molar-refractivity contribution in [1.82, 2.24) is 5.32 Å². The van der Waals surface area contributed by atoms with Gasteiger partial charge in [-0.25, -0.2) is 0 Å². The van der Waals surface area contributed by atoms with E-state index in [9.17, 15) is 0 Å². The van der Waals surface area contributed by atoms with E-state index in [0.29, 0.717) is 0 Å². The van der Waals surface area contributed by atoms with Crippen LogP contribution in [0.3, 0.4) is 0 Å². The van der Waals surface area contributed by atoms with Gasteiger partial charge in [0.15, 0.2) is 0 Å². The molecule has 3 heteroatoms. The maximum Gasteiger partial charge on any atom is 0.0587 e. The van der Waals surface area contributed by atoms with Crippen LogP contribution in [0.25, 0.3) is 0 Å². The van der Waals surface area contributed by atoms with Crippen molar-refractivity contribution in [2.45, 2.75) is 13.3 Å². The van der Waals surface area contributed by atoms with E-state index >= 15 is 0 Å². The van der Waals surface area contributed by atoms with Gasteiger partial charge >= 0.3 is 0 Å². The third-order valence-electron chi connectivity index (χ3n) is 2.80. The number of aryl methyl sites for hydroxylation is 1. The molecule has 0 spiro atoms. The molecular formula is C14H24N2O. The molecule has 0 aliphatic carbocycles. The summed E-state index contributed by atoms with van der Waals surface area (Å²) in [7, 11) is 3.87. The summed E-state index contributed by atoms with van der Waals surface area (Å²) in [5.74, 6) is 0. The van der Waals surface area contributed by atoms with Gasteiger partial charge in [0.2, 0.25) is 0 Å². The molecule has 0 saturated heterocycles. The molecule has 0 radical (unpaired) electrons. The van der Waals surface area contributed by atoms with Crippen molar-refractivity contribution in [3.8, 4) is 0 Å². The maximum atomic E-state index is 4.98. The second kappa shape index (κ2) is 8.09. The topological polar surface area (TPSA) is 24.5 Å². The fourth-order valence-corrected chi connectivity index (χ4v) is 1.67. The quantitative estimate of drug-likeness (QED) is 0.699. The minimum absolute atomic E-state index is 0.786. The molecule has 3 nitrogen and oxygen atoms in total. The van der Waals surface area contributed by atoms with Crippen LogP contribution in [0.1, 0.15) is 12.0 Å². The average Bonchev–Trinajstić information content (AvgIpc) is 2.34. The zero-order valence-electron chi connectivity index (χ0n) is 11.2. The van der Waals surface area contributed by atoms with E-state index in [0.717, 1.165) is 32.7 Å². The number of hydrogen-bond acceptors (Lipinski definition) is 3. The van der Waals surface area contributed by atoms with E-state index in [2.05, 4.69) is 48.5 Å². The van der Waals surface area contributed by atoms with Gasteiger partial charge in [-0.2, -0.15) is 0 Å². The van der Waals surface area contributed by atoms with Crippen molar-refractivity contribution in [2.24, 2.45) is 0 Å². The summed E-state index contributed by atoms with van der Waals surface area (Å²) in [5, 5.41) is 3.35. The Bertz CT molecular complexity index is 298. The first-order chi connectivity index (χ1) is 8.24. The average molecular weight is 236 g/mol. The highest BCUT2D eigenvalue weighted by molar-refractivity contribution is 5.46. The fourth-order valence-electron chi connectivity index (χ4n) is 1.67. The lowest BCUT2D eigenvalue weighted by Crippen LogP contribution is -2.25. The highest BCUT2D eigenvalue weighted by atomic mass is 16.5. The number of nitrogens with one attached hydrogen (secondary N) is 1. The summed E-state index contributed by atoms with van der Waals surface area (Å²) in [6, 6.07) is 8.66. The predicted molar refractivity (Wildman–Crippen MR) is 73.8 cm³/mol. The van der Waals surface area contributed by atoms with Crippen LogP contribution in [-0.4, -0.2) is 40.4 Å². The number of rotatable bonds is 8. The van der Waals surface area contributed by atoms with E-state index < -0.39 is 0 Å². The Balaban J connectivity index is 2.16. The third kappa shape index (κ3) is 5.71. The molecule has 1 N–H and O–H groups in total. The summed E-state index contributed by atoms with van der Waals surface area (Å²) in [6.07, 6.45) is 1.15. The molecule has 0 atom stereocenters. The van der Waals surface area contributed by atoms with Gasteiger partial charge in [-0.1, -0.05) is 17.7 Å². The molecular weight excluding hydrogens is 212 g/mol. The van der Waals surface area contributed by atoms with Gasteiger partial charge in [0.1, 0.15) is 0 Å². The van der Waals surface area contributed by atoms with Crippen molar-refractivity contribution in [1.29, 1.82) is 0 Å². The van der Waals surface area contributed by atoms with Crippen molar-refractivity contribution in [2.75, 3.05) is 45.3 Å². The first-order valence-corrected chi connectivity index (χ1v) is 6.21. The number of benzene rings is 1. The zero-order chi connectivity index (χ0) is 12.5. The number of hydrogen-bond donors (Lipinski definition) is 1. The molecule has 0 saturated carbocycles. The molecule has 0 bridgehead atoms. The Hall–Kier alpha value is -1.06. The molecule has 1 rings (SSSR count). The lowest BCUT2D eigenvalue weighted by Gasteiger charge is -2.19. The van der Waals surface area contributed by atoms with E-state index in [1.165, 1.54) is 11.3 Å². The molecule has 0 amide bonds. The Morgan fingerprint density at radius 1 is 1.18 bits per heavy atom. The van der Waals surface area contributed by atoms with Gasteiger partial charge in [-0.15, -0.1) is 0 Å². The van der Waals surface area contributed by atoms with Crippen LogP contribution in [0.2, 0.25) is 0 Å². The SMILES string of the molecule is COCCNCCCN(C)c1ccc(C)cc1. The highest BCUT2D eigenvalue weighted by Gasteiger charge is 1.99. The maximum absolute atomic E-state index is 4.98. The summed E-state index contributed by atoms with van der Waals surface area (Å²) < 4.78 is 4.98. The van der Waals surface area contributed by atoms with Crippen molar-refractivity contribution in [3.63, 3.8) is 0 Å². The normalized spacial score (nSPS) is 10.5. The number of ether oxygens (including phenoxy) is 1. The predicted octanol–water partition coefficient (Wildman–Crippen LogP) is 2.06. The Kier molecular flexibility index (Phi) is 6.67. The molecule has 0 aromatic heterocycles. The van der Waals surface area contributed by atoms with E-state index in [1.807, 2.05) is 0 Å². The smallest absolute Gasteiger partial charge is 0.0587 e.